The minimum atomic E-state index is -0.0792. The largest absolute Gasteiger partial charge is 0.377 e. The minimum Gasteiger partial charge on any atom is -0.377 e. The van der Waals surface area contributed by atoms with Gasteiger partial charge in [-0.25, -0.2) is 9.97 Å². The summed E-state index contributed by atoms with van der Waals surface area (Å²) in [6, 6.07) is 0. The first-order chi connectivity index (χ1) is 9.25. The summed E-state index contributed by atoms with van der Waals surface area (Å²) in [6.07, 6.45) is 0.251. The summed E-state index contributed by atoms with van der Waals surface area (Å²) in [5.74, 6) is 2.58. The lowest BCUT2D eigenvalue weighted by Crippen LogP contribution is -2.21. The summed E-state index contributed by atoms with van der Waals surface area (Å²) in [6.45, 7) is 13.8. The van der Waals surface area contributed by atoms with Gasteiger partial charge in [0.15, 0.2) is 0 Å². The molecule has 1 heterocycles. The Balaban J connectivity index is 2.88. The highest BCUT2D eigenvalue weighted by molar-refractivity contribution is 5.57. The molecule has 2 N–H and O–H groups in total. The first kappa shape index (κ1) is 16.7. The van der Waals surface area contributed by atoms with Crippen LogP contribution in [0, 0.1) is 6.92 Å². The van der Waals surface area contributed by atoms with Crippen LogP contribution >= 0.6 is 0 Å². The van der Waals surface area contributed by atoms with Crippen molar-refractivity contribution in [2.24, 2.45) is 0 Å². The molecule has 5 nitrogen and oxygen atoms in total. The average Bonchev–Trinajstić information content (AvgIpc) is 2.34. The highest BCUT2D eigenvalue weighted by atomic mass is 16.5. The molecule has 0 aromatic carbocycles. The van der Waals surface area contributed by atoms with Crippen LogP contribution in [0.25, 0.3) is 0 Å². The van der Waals surface area contributed by atoms with Crippen LogP contribution in [0.1, 0.15) is 46.0 Å². The van der Waals surface area contributed by atoms with Crippen LogP contribution in [0.15, 0.2) is 0 Å². The van der Waals surface area contributed by atoms with Gasteiger partial charge in [-0.05, 0) is 20.8 Å². The highest BCUT2D eigenvalue weighted by Crippen LogP contribution is 2.25. The van der Waals surface area contributed by atoms with Gasteiger partial charge in [0.05, 0.1) is 12.7 Å². The lowest BCUT2D eigenvalue weighted by molar-refractivity contribution is 0.0870. The topological polar surface area (TPSA) is 59.1 Å². The first-order valence-corrected chi connectivity index (χ1v) is 7.18. The highest BCUT2D eigenvalue weighted by Gasteiger charge is 2.20. The molecular weight excluding hydrogens is 252 g/mol. The van der Waals surface area contributed by atoms with Gasteiger partial charge in [0.2, 0.25) is 0 Å². The number of rotatable bonds is 6. The van der Waals surface area contributed by atoms with Gasteiger partial charge in [-0.1, -0.05) is 20.8 Å². The van der Waals surface area contributed by atoms with Crippen LogP contribution in [0.2, 0.25) is 0 Å². The van der Waals surface area contributed by atoms with Gasteiger partial charge in [0, 0.05) is 24.6 Å². The van der Waals surface area contributed by atoms with E-state index in [1.54, 1.807) is 0 Å². The summed E-state index contributed by atoms with van der Waals surface area (Å²) >= 11 is 0. The van der Waals surface area contributed by atoms with E-state index >= 15 is 0 Å². The number of nitrogens with one attached hydrogen (secondary N) is 2. The Hall–Kier alpha value is -1.36. The summed E-state index contributed by atoms with van der Waals surface area (Å²) in [5, 5.41) is 6.47. The molecule has 20 heavy (non-hydrogen) atoms. The van der Waals surface area contributed by atoms with E-state index in [4.69, 9.17) is 4.74 Å². The van der Waals surface area contributed by atoms with E-state index in [0.29, 0.717) is 6.61 Å². The van der Waals surface area contributed by atoms with Crippen molar-refractivity contribution in [3.05, 3.63) is 11.4 Å². The molecule has 1 aromatic heterocycles. The maximum absolute atomic E-state index is 5.54. The van der Waals surface area contributed by atoms with Crippen LogP contribution in [0.5, 0.6) is 0 Å². The maximum atomic E-state index is 5.54. The normalized spacial score (nSPS) is 11.8. The maximum Gasteiger partial charge on any atom is 0.138 e. The molecule has 0 spiro atoms. The quantitative estimate of drug-likeness (QED) is 0.785. The van der Waals surface area contributed by atoms with Crippen molar-refractivity contribution in [1.82, 2.24) is 9.97 Å². The number of ether oxygens (including phenoxy) is 1. The molecule has 0 aliphatic carbocycles. The van der Waals surface area contributed by atoms with Crippen molar-refractivity contribution in [2.75, 3.05) is 30.8 Å². The Kier molecular flexibility index (Phi) is 5.74. The van der Waals surface area contributed by atoms with E-state index < -0.39 is 0 Å². The zero-order chi connectivity index (χ0) is 15.3. The monoisotopic (exact) mass is 280 g/mol. The fraction of sp³-hybridized carbons (Fsp3) is 0.733. The van der Waals surface area contributed by atoms with Crippen LogP contribution in [-0.4, -0.2) is 36.3 Å². The van der Waals surface area contributed by atoms with E-state index in [1.807, 2.05) is 27.8 Å². The molecule has 0 fully saturated rings. The predicted molar refractivity (Wildman–Crippen MR) is 84.6 cm³/mol. The third-order valence-corrected chi connectivity index (χ3v) is 2.90. The van der Waals surface area contributed by atoms with Crippen LogP contribution in [0.3, 0.4) is 0 Å². The molecule has 0 bridgehead atoms. The van der Waals surface area contributed by atoms with Gasteiger partial charge >= 0.3 is 0 Å². The van der Waals surface area contributed by atoms with Crippen molar-refractivity contribution in [3.63, 3.8) is 0 Å². The third kappa shape index (κ3) is 4.63. The molecule has 0 saturated carbocycles. The minimum absolute atomic E-state index is 0.0792. The Bertz CT molecular complexity index is 438. The second-order valence-corrected chi connectivity index (χ2v) is 6.22. The molecule has 5 heteroatoms. The zero-order valence-corrected chi connectivity index (χ0v) is 13.8. The summed E-state index contributed by atoms with van der Waals surface area (Å²) in [5.41, 5.74) is 0.953. The van der Waals surface area contributed by atoms with E-state index in [0.717, 1.165) is 29.6 Å². The smallest absolute Gasteiger partial charge is 0.138 e. The summed E-state index contributed by atoms with van der Waals surface area (Å²) in [4.78, 5) is 9.24. The number of hydrogen-bond acceptors (Lipinski definition) is 5. The third-order valence-electron chi connectivity index (χ3n) is 2.90. The summed E-state index contributed by atoms with van der Waals surface area (Å²) < 4.78 is 5.54. The summed E-state index contributed by atoms with van der Waals surface area (Å²) in [7, 11) is 1.88. The van der Waals surface area contributed by atoms with E-state index in [2.05, 4.69) is 41.4 Å². The molecule has 1 rings (SSSR count). The molecular formula is C15H28N4O. The Morgan fingerprint density at radius 2 is 1.75 bits per heavy atom. The molecule has 1 aromatic rings. The second-order valence-electron chi connectivity index (χ2n) is 6.22. The van der Waals surface area contributed by atoms with Gasteiger partial charge in [-0.3, -0.25) is 0 Å². The molecule has 0 atom stereocenters. The lowest BCUT2D eigenvalue weighted by atomic mass is 9.95. The number of nitrogens with zero attached hydrogens (tertiary/aromatic N) is 2. The van der Waals surface area contributed by atoms with Gasteiger partial charge < -0.3 is 15.4 Å². The molecule has 0 aliphatic rings. The Labute approximate surface area is 122 Å². The average molecular weight is 280 g/mol. The molecule has 0 radical (unpaired) electrons. The van der Waals surface area contributed by atoms with Gasteiger partial charge in [0.25, 0.3) is 0 Å². The fourth-order valence-electron chi connectivity index (χ4n) is 1.73. The lowest BCUT2D eigenvalue weighted by Gasteiger charge is -2.21. The number of anilines is 2. The van der Waals surface area contributed by atoms with Crippen molar-refractivity contribution in [2.45, 2.75) is 53.1 Å². The van der Waals surface area contributed by atoms with E-state index in [-0.39, 0.29) is 11.5 Å². The number of aromatic nitrogens is 2. The van der Waals surface area contributed by atoms with E-state index in [1.165, 1.54) is 0 Å². The second kappa shape index (κ2) is 6.88. The standard InChI is InChI=1S/C15H28N4O/c1-10(2)20-9-8-17-13-11(3)12(16-7)18-14(19-13)15(4,5)6/h10H,8-9H2,1-7H3,(H2,16,17,18,19). The first-order valence-electron chi connectivity index (χ1n) is 7.18. The fourth-order valence-corrected chi connectivity index (χ4v) is 1.73. The number of hydrogen-bond donors (Lipinski definition) is 2. The molecule has 0 unspecified atom stereocenters. The Morgan fingerprint density at radius 1 is 1.15 bits per heavy atom. The van der Waals surface area contributed by atoms with Gasteiger partial charge in [-0.2, -0.15) is 0 Å². The Morgan fingerprint density at radius 3 is 2.25 bits per heavy atom. The molecule has 114 valence electrons. The van der Waals surface area contributed by atoms with E-state index in [9.17, 15) is 0 Å². The van der Waals surface area contributed by atoms with Gasteiger partial charge in [-0.15, -0.1) is 0 Å². The molecule has 0 aliphatic heterocycles. The molecule has 0 amide bonds. The van der Waals surface area contributed by atoms with Crippen molar-refractivity contribution < 1.29 is 4.74 Å². The van der Waals surface area contributed by atoms with Crippen LogP contribution < -0.4 is 10.6 Å². The van der Waals surface area contributed by atoms with Gasteiger partial charge in [0.1, 0.15) is 17.5 Å². The zero-order valence-electron chi connectivity index (χ0n) is 13.8. The van der Waals surface area contributed by atoms with Crippen LogP contribution in [-0.2, 0) is 10.2 Å². The van der Waals surface area contributed by atoms with Crippen molar-refractivity contribution in [1.29, 1.82) is 0 Å². The van der Waals surface area contributed by atoms with Crippen molar-refractivity contribution >= 4 is 11.6 Å². The van der Waals surface area contributed by atoms with Crippen molar-refractivity contribution in [3.8, 4) is 0 Å². The predicted octanol–water partition coefficient (Wildman–Crippen LogP) is 2.96. The molecule has 0 saturated heterocycles. The SMILES string of the molecule is CNc1nc(C(C)(C)C)nc(NCCOC(C)C)c1C. The van der Waals surface area contributed by atoms with Crippen LogP contribution in [0.4, 0.5) is 11.6 Å².